The minimum atomic E-state index is -4.97. The van der Waals surface area contributed by atoms with Gasteiger partial charge in [0.05, 0.1) is 13.2 Å². The molecule has 0 amide bonds. The van der Waals surface area contributed by atoms with Crippen molar-refractivity contribution in [3.63, 3.8) is 0 Å². The maximum atomic E-state index is 12.3. The lowest BCUT2D eigenvalue weighted by molar-refractivity contribution is -0.221. The van der Waals surface area contributed by atoms with Gasteiger partial charge in [-0.3, -0.25) is 0 Å². The lowest BCUT2D eigenvalue weighted by atomic mass is 9.93. The third-order valence-electron chi connectivity index (χ3n) is 3.10. The summed E-state index contributed by atoms with van der Waals surface area (Å²) in [5, 5.41) is 3.02. The molecule has 0 saturated carbocycles. The normalized spacial score (nSPS) is 19.1. The first-order chi connectivity index (χ1) is 9.25. The number of hydrogen-bond acceptors (Lipinski definition) is 5. The van der Waals surface area contributed by atoms with Crippen LogP contribution in [0, 0.1) is 0 Å². The minimum absolute atomic E-state index is 0.00958. The second kappa shape index (κ2) is 7.24. The number of likely N-dealkylation sites (N-methyl/N-ethyl adjacent to an activating group) is 1. The molecule has 1 N–H and O–H groups in total. The van der Waals surface area contributed by atoms with E-state index in [1.165, 1.54) is 0 Å². The molecule has 0 aromatic rings. The molecule has 8 heteroatoms. The van der Waals surface area contributed by atoms with E-state index in [4.69, 9.17) is 9.47 Å². The molecule has 1 heterocycles. The van der Waals surface area contributed by atoms with E-state index in [-0.39, 0.29) is 6.61 Å². The van der Waals surface area contributed by atoms with Crippen LogP contribution in [0.5, 0.6) is 0 Å². The third kappa shape index (κ3) is 5.64. The summed E-state index contributed by atoms with van der Waals surface area (Å²) < 4.78 is 47.1. The van der Waals surface area contributed by atoms with Crippen molar-refractivity contribution < 1.29 is 27.4 Å². The van der Waals surface area contributed by atoms with Gasteiger partial charge in [0.25, 0.3) is 0 Å². The smallest absolute Gasteiger partial charge is 0.450 e. The van der Waals surface area contributed by atoms with Crippen LogP contribution in [0.4, 0.5) is 13.2 Å². The predicted octanol–water partition coefficient (Wildman–Crippen LogP) is 0.792. The van der Waals surface area contributed by atoms with Crippen LogP contribution in [0.3, 0.4) is 0 Å². The highest BCUT2D eigenvalue weighted by Gasteiger charge is 2.47. The van der Waals surface area contributed by atoms with Crippen LogP contribution in [-0.2, 0) is 14.3 Å². The lowest BCUT2D eigenvalue weighted by Gasteiger charge is -2.37. The van der Waals surface area contributed by atoms with Gasteiger partial charge in [-0.1, -0.05) is 0 Å². The number of carbonyl (C=O) groups is 1. The molecule has 5 nitrogen and oxygen atoms in total. The Balaban J connectivity index is 2.55. The zero-order valence-corrected chi connectivity index (χ0v) is 11.8. The Morgan fingerprint density at radius 1 is 1.30 bits per heavy atom. The number of nitrogens with zero attached hydrogens (tertiary/aromatic N) is 1. The van der Waals surface area contributed by atoms with E-state index in [2.05, 4.69) is 5.32 Å². The van der Waals surface area contributed by atoms with Gasteiger partial charge < -0.3 is 19.7 Å². The Kier molecular flexibility index (Phi) is 6.22. The van der Waals surface area contributed by atoms with Crippen molar-refractivity contribution >= 4 is 5.97 Å². The summed E-state index contributed by atoms with van der Waals surface area (Å²) in [6.07, 6.45) is -4.34. The van der Waals surface area contributed by atoms with E-state index in [0.29, 0.717) is 39.1 Å². The summed E-state index contributed by atoms with van der Waals surface area (Å²) in [7, 11) is 3.74. The molecule has 0 atom stereocenters. The molecule has 0 spiro atoms. The molecular formula is C12H21F3N2O3. The average molecular weight is 298 g/mol. The Bertz CT molecular complexity index is 316. The molecule has 1 fully saturated rings. The van der Waals surface area contributed by atoms with Crippen LogP contribution in [0.2, 0.25) is 0 Å². The van der Waals surface area contributed by atoms with Gasteiger partial charge in [-0.2, -0.15) is 13.2 Å². The number of carbonyl (C=O) groups excluding carboxylic acids is 1. The quantitative estimate of drug-likeness (QED) is 0.580. The van der Waals surface area contributed by atoms with Crippen LogP contribution in [0.15, 0.2) is 0 Å². The Labute approximate surface area is 116 Å². The molecule has 0 aromatic carbocycles. The van der Waals surface area contributed by atoms with E-state index >= 15 is 0 Å². The molecule has 0 bridgehead atoms. The maximum absolute atomic E-state index is 12.3. The summed E-state index contributed by atoms with van der Waals surface area (Å²) in [6, 6.07) is 0. The number of esters is 1. The monoisotopic (exact) mass is 298 g/mol. The number of halogens is 3. The first-order valence-electron chi connectivity index (χ1n) is 6.49. The minimum Gasteiger partial charge on any atom is -0.450 e. The number of hydrogen-bond donors (Lipinski definition) is 1. The highest BCUT2D eigenvalue weighted by molar-refractivity contribution is 5.76. The first-order valence-corrected chi connectivity index (χ1v) is 6.49. The summed E-state index contributed by atoms with van der Waals surface area (Å²) in [5.41, 5.74) is -1.18. The van der Waals surface area contributed by atoms with E-state index < -0.39 is 17.7 Å². The summed E-state index contributed by atoms with van der Waals surface area (Å²) >= 11 is 0. The zero-order chi connectivity index (χ0) is 15.2. The molecule has 0 unspecified atom stereocenters. The van der Waals surface area contributed by atoms with Gasteiger partial charge in [0.15, 0.2) is 0 Å². The Morgan fingerprint density at radius 2 is 1.90 bits per heavy atom. The fourth-order valence-corrected chi connectivity index (χ4v) is 1.92. The maximum Gasteiger partial charge on any atom is 0.490 e. The van der Waals surface area contributed by atoms with E-state index in [1.807, 2.05) is 19.0 Å². The van der Waals surface area contributed by atoms with Gasteiger partial charge in [0.2, 0.25) is 0 Å². The molecule has 1 aliphatic heterocycles. The van der Waals surface area contributed by atoms with Crippen LogP contribution >= 0.6 is 0 Å². The topological polar surface area (TPSA) is 50.8 Å². The van der Waals surface area contributed by atoms with E-state index in [0.717, 1.165) is 0 Å². The fraction of sp³-hybridized carbons (Fsp3) is 0.917. The zero-order valence-electron chi connectivity index (χ0n) is 11.8. The van der Waals surface area contributed by atoms with Crippen molar-refractivity contribution in [3.05, 3.63) is 0 Å². The van der Waals surface area contributed by atoms with Gasteiger partial charge in [0.1, 0.15) is 5.60 Å². The molecule has 1 rings (SSSR count). The number of nitrogens with one attached hydrogen (secondary N) is 1. The van der Waals surface area contributed by atoms with Crippen molar-refractivity contribution in [2.75, 3.05) is 46.9 Å². The van der Waals surface area contributed by atoms with Crippen LogP contribution in [0.1, 0.15) is 12.8 Å². The molecule has 0 radical (unpaired) electrons. The second-order valence-corrected chi connectivity index (χ2v) is 5.18. The molecule has 20 heavy (non-hydrogen) atoms. The van der Waals surface area contributed by atoms with Gasteiger partial charge in [0, 0.05) is 19.4 Å². The second-order valence-electron chi connectivity index (χ2n) is 5.18. The van der Waals surface area contributed by atoms with Crippen LogP contribution < -0.4 is 5.32 Å². The van der Waals surface area contributed by atoms with Crippen molar-refractivity contribution in [3.8, 4) is 0 Å². The third-order valence-corrected chi connectivity index (χ3v) is 3.10. The molecule has 0 aromatic heterocycles. The molecule has 1 saturated heterocycles. The SMILES string of the molecule is CN(C)CCOCC1(OC(=O)C(F)(F)F)CCNCC1. The highest BCUT2D eigenvalue weighted by atomic mass is 19.4. The summed E-state index contributed by atoms with van der Waals surface area (Å²) in [4.78, 5) is 12.9. The summed E-state index contributed by atoms with van der Waals surface area (Å²) in [6.45, 7) is 2.03. The van der Waals surface area contributed by atoms with Gasteiger partial charge in [-0.05, 0) is 27.2 Å². The van der Waals surface area contributed by atoms with Crippen molar-refractivity contribution in [2.24, 2.45) is 0 Å². The van der Waals surface area contributed by atoms with E-state index in [9.17, 15) is 18.0 Å². The van der Waals surface area contributed by atoms with E-state index in [1.54, 1.807) is 0 Å². The number of ether oxygens (including phenoxy) is 2. The fourth-order valence-electron chi connectivity index (χ4n) is 1.92. The molecule has 118 valence electrons. The standard InChI is InChI=1S/C12H21F3N2O3/c1-17(2)7-8-19-9-11(3-5-16-6-4-11)20-10(18)12(13,14)15/h16H,3-9H2,1-2H3. The first kappa shape index (κ1) is 17.2. The van der Waals surface area contributed by atoms with Gasteiger partial charge >= 0.3 is 12.1 Å². The van der Waals surface area contributed by atoms with Gasteiger partial charge in [-0.15, -0.1) is 0 Å². The highest BCUT2D eigenvalue weighted by Crippen LogP contribution is 2.28. The van der Waals surface area contributed by atoms with Gasteiger partial charge in [-0.25, -0.2) is 4.79 Å². The van der Waals surface area contributed by atoms with Crippen LogP contribution in [-0.4, -0.2) is 69.6 Å². The number of piperidine rings is 1. The largest absolute Gasteiger partial charge is 0.490 e. The van der Waals surface area contributed by atoms with Crippen molar-refractivity contribution in [1.82, 2.24) is 10.2 Å². The Hall–Kier alpha value is -0.860. The number of rotatable bonds is 6. The summed E-state index contributed by atoms with van der Waals surface area (Å²) in [5.74, 6) is -2.14. The average Bonchev–Trinajstić information content (AvgIpc) is 2.34. The molecular weight excluding hydrogens is 277 g/mol. The number of alkyl halides is 3. The lowest BCUT2D eigenvalue weighted by Crippen LogP contribution is -2.50. The Morgan fingerprint density at radius 3 is 2.40 bits per heavy atom. The van der Waals surface area contributed by atoms with Crippen molar-refractivity contribution in [1.29, 1.82) is 0 Å². The van der Waals surface area contributed by atoms with Crippen molar-refractivity contribution in [2.45, 2.75) is 24.6 Å². The van der Waals surface area contributed by atoms with Crippen LogP contribution in [0.25, 0.3) is 0 Å². The molecule has 0 aliphatic carbocycles. The predicted molar refractivity (Wildman–Crippen MR) is 66.4 cm³/mol. The molecule has 1 aliphatic rings.